The first-order valence-corrected chi connectivity index (χ1v) is 11.0. The predicted molar refractivity (Wildman–Crippen MR) is 94.9 cm³/mol. The van der Waals surface area contributed by atoms with Crippen molar-refractivity contribution in [2.24, 2.45) is 11.8 Å². The summed E-state index contributed by atoms with van der Waals surface area (Å²) >= 11 is 0. The van der Waals surface area contributed by atoms with Crippen LogP contribution in [0.2, 0.25) is 0 Å². The Morgan fingerprint density at radius 1 is 1.40 bits per heavy atom. The molecule has 8 heteroatoms. The van der Waals surface area contributed by atoms with Gasteiger partial charge in [-0.1, -0.05) is 13.3 Å². The summed E-state index contributed by atoms with van der Waals surface area (Å²) in [6, 6.07) is 0. The number of nitrogens with one attached hydrogen (secondary N) is 1. The molecule has 2 bridgehead atoms. The van der Waals surface area contributed by atoms with Crippen molar-refractivity contribution in [2.75, 3.05) is 30.8 Å². The maximum Gasteiger partial charge on any atom is 0.225 e. The summed E-state index contributed by atoms with van der Waals surface area (Å²) in [5.74, 6) is 1.32. The van der Waals surface area contributed by atoms with E-state index >= 15 is 0 Å². The minimum atomic E-state index is -3.18. The van der Waals surface area contributed by atoms with E-state index in [2.05, 4.69) is 26.5 Å². The van der Waals surface area contributed by atoms with E-state index in [1.807, 2.05) is 12.4 Å². The Labute approximate surface area is 149 Å². The minimum absolute atomic E-state index is 0.153. The summed E-state index contributed by atoms with van der Waals surface area (Å²) in [5.41, 5.74) is 1.01. The van der Waals surface area contributed by atoms with Gasteiger partial charge in [0.15, 0.2) is 0 Å². The number of sulfonamides is 1. The van der Waals surface area contributed by atoms with E-state index in [1.54, 1.807) is 0 Å². The molecule has 4 heterocycles. The van der Waals surface area contributed by atoms with E-state index in [0.717, 1.165) is 50.3 Å². The standard InChI is InChI=1S/C17H26N4O3S/c1-3-4-12-7-18-16(19-8-12)21-10-14-13(9-20-25(2,22)23)15-5-6-17(14,11-21)24-15/h7-8,13-15,20H,3-6,9-11H2,1-2H3/t13-,14+,15+,17+/m0/s1. The van der Waals surface area contributed by atoms with E-state index in [9.17, 15) is 8.42 Å². The van der Waals surface area contributed by atoms with Gasteiger partial charge in [-0.15, -0.1) is 0 Å². The maximum absolute atomic E-state index is 11.5. The molecule has 1 aromatic heterocycles. The maximum atomic E-state index is 11.5. The number of aromatic nitrogens is 2. The van der Waals surface area contributed by atoms with E-state index < -0.39 is 10.0 Å². The summed E-state index contributed by atoms with van der Waals surface area (Å²) in [5, 5.41) is 0. The van der Waals surface area contributed by atoms with Gasteiger partial charge in [0.25, 0.3) is 0 Å². The Balaban J connectivity index is 1.49. The molecule has 0 amide bonds. The molecule has 0 unspecified atom stereocenters. The van der Waals surface area contributed by atoms with Gasteiger partial charge in [0.1, 0.15) is 0 Å². The van der Waals surface area contributed by atoms with Gasteiger partial charge in [0, 0.05) is 37.3 Å². The van der Waals surface area contributed by atoms with Gasteiger partial charge < -0.3 is 9.64 Å². The van der Waals surface area contributed by atoms with Crippen molar-refractivity contribution in [2.45, 2.75) is 44.3 Å². The normalized spacial score (nSPS) is 33.8. The first kappa shape index (κ1) is 17.2. The van der Waals surface area contributed by atoms with Crippen LogP contribution in [0.15, 0.2) is 12.4 Å². The smallest absolute Gasteiger partial charge is 0.225 e. The number of hydrogen-bond donors (Lipinski definition) is 1. The lowest BCUT2D eigenvalue weighted by Crippen LogP contribution is -2.41. The highest BCUT2D eigenvalue weighted by Crippen LogP contribution is 2.54. The minimum Gasteiger partial charge on any atom is -0.369 e. The van der Waals surface area contributed by atoms with E-state index in [-0.39, 0.29) is 17.6 Å². The van der Waals surface area contributed by atoms with Crippen LogP contribution in [0, 0.1) is 11.8 Å². The molecule has 3 saturated heterocycles. The van der Waals surface area contributed by atoms with Crippen molar-refractivity contribution in [1.82, 2.24) is 14.7 Å². The van der Waals surface area contributed by atoms with Crippen molar-refractivity contribution in [3.63, 3.8) is 0 Å². The van der Waals surface area contributed by atoms with Gasteiger partial charge in [-0.05, 0) is 24.8 Å². The van der Waals surface area contributed by atoms with E-state index in [4.69, 9.17) is 4.74 Å². The van der Waals surface area contributed by atoms with Crippen LogP contribution in [0.4, 0.5) is 5.95 Å². The van der Waals surface area contributed by atoms with Gasteiger partial charge in [-0.3, -0.25) is 0 Å². The second kappa shape index (κ2) is 6.17. The zero-order valence-electron chi connectivity index (χ0n) is 14.8. The van der Waals surface area contributed by atoms with Crippen LogP contribution in [-0.2, 0) is 21.2 Å². The molecule has 4 rings (SSSR count). The van der Waals surface area contributed by atoms with Gasteiger partial charge >= 0.3 is 0 Å². The third kappa shape index (κ3) is 3.15. The second-order valence-electron chi connectivity index (χ2n) is 7.67. The van der Waals surface area contributed by atoms with E-state index in [1.165, 1.54) is 6.26 Å². The third-order valence-electron chi connectivity index (χ3n) is 5.88. The number of nitrogens with zero attached hydrogens (tertiary/aromatic N) is 3. The summed E-state index contributed by atoms with van der Waals surface area (Å²) in [7, 11) is -3.18. The quantitative estimate of drug-likeness (QED) is 0.807. The average Bonchev–Trinajstić information content (AvgIpc) is 3.21. The largest absolute Gasteiger partial charge is 0.369 e. The van der Waals surface area contributed by atoms with Crippen molar-refractivity contribution in [1.29, 1.82) is 0 Å². The Morgan fingerprint density at radius 2 is 2.16 bits per heavy atom. The summed E-state index contributed by atoms with van der Waals surface area (Å²) in [4.78, 5) is 11.3. The molecule has 0 aromatic carbocycles. The molecule has 4 atom stereocenters. The molecule has 0 radical (unpaired) electrons. The first-order valence-electron chi connectivity index (χ1n) is 9.08. The first-order chi connectivity index (χ1) is 11.9. The fourth-order valence-electron chi connectivity index (χ4n) is 4.79. The molecular formula is C17H26N4O3S. The van der Waals surface area contributed by atoms with Crippen LogP contribution in [-0.4, -0.2) is 56.0 Å². The zero-order valence-corrected chi connectivity index (χ0v) is 15.6. The number of fused-ring (bicyclic) bond motifs is 1. The van der Waals surface area contributed by atoms with Crippen molar-refractivity contribution in [3.05, 3.63) is 18.0 Å². The van der Waals surface area contributed by atoms with Crippen LogP contribution in [0.25, 0.3) is 0 Å². The van der Waals surface area contributed by atoms with Crippen molar-refractivity contribution in [3.8, 4) is 0 Å². The highest BCUT2D eigenvalue weighted by molar-refractivity contribution is 7.88. The molecule has 0 saturated carbocycles. The molecular weight excluding hydrogens is 340 g/mol. The van der Waals surface area contributed by atoms with Crippen LogP contribution < -0.4 is 9.62 Å². The molecule has 1 N–H and O–H groups in total. The lowest BCUT2D eigenvalue weighted by molar-refractivity contribution is 0.0141. The number of ether oxygens (including phenoxy) is 1. The molecule has 3 fully saturated rings. The third-order valence-corrected chi connectivity index (χ3v) is 6.57. The van der Waals surface area contributed by atoms with Gasteiger partial charge in [0.05, 0.1) is 24.5 Å². The summed E-state index contributed by atoms with van der Waals surface area (Å²) in [6.07, 6.45) is 9.35. The lowest BCUT2D eigenvalue weighted by atomic mass is 9.74. The van der Waals surface area contributed by atoms with Gasteiger partial charge in [-0.25, -0.2) is 23.1 Å². The number of anilines is 1. The Kier molecular flexibility index (Phi) is 4.24. The van der Waals surface area contributed by atoms with E-state index in [0.29, 0.717) is 12.5 Å². The molecule has 25 heavy (non-hydrogen) atoms. The summed E-state index contributed by atoms with van der Waals surface area (Å²) < 4.78 is 32.0. The topological polar surface area (TPSA) is 84.4 Å². The Morgan fingerprint density at radius 3 is 2.84 bits per heavy atom. The monoisotopic (exact) mass is 366 g/mol. The summed E-state index contributed by atoms with van der Waals surface area (Å²) in [6.45, 7) is 4.24. The molecule has 1 spiro atoms. The molecule has 3 aliphatic rings. The van der Waals surface area contributed by atoms with Crippen LogP contribution in [0.1, 0.15) is 31.7 Å². The fourth-order valence-corrected chi connectivity index (χ4v) is 5.29. The molecule has 0 aliphatic carbocycles. The van der Waals surface area contributed by atoms with Gasteiger partial charge in [-0.2, -0.15) is 0 Å². The number of hydrogen-bond acceptors (Lipinski definition) is 6. The van der Waals surface area contributed by atoms with Gasteiger partial charge in [0.2, 0.25) is 16.0 Å². The van der Waals surface area contributed by atoms with Crippen LogP contribution >= 0.6 is 0 Å². The van der Waals surface area contributed by atoms with Crippen molar-refractivity contribution < 1.29 is 13.2 Å². The molecule has 7 nitrogen and oxygen atoms in total. The second-order valence-corrected chi connectivity index (χ2v) is 9.51. The fraction of sp³-hybridized carbons (Fsp3) is 0.765. The molecule has 3 aliphatic heterocycles. The lowest BCUT2D eigenvalue weighted by Gasteiger charge is -2.29. The zero-order chi connectivity index (χ0) is 17.7. The highest BCUT2D eigenvalue weighted by atomic mass is 32.2. The predicted octanol–water partition coefficient (Wildman–Crippen LogP) is 0.962. The average molecular weight is 366 g/mol. The number of rotatable bonds is 6. The Hall–Kier alpha value is -1.25. The molecule has 138 valence electrons. The molecule has 1 aromatic rings. The Bertz CT molecular complexity index is 739. The number of aryl methyl sites for hydroxylation is 1. The van der Waals surface area contributed by atoms with Crippen LogP contribution in [0.5, 0.6) is 0 Å². The van der Waals surface area contributed by atoms with Crippen molar-refractivity contribution >= 4 is 16.0 Å². The SMILES string of the molecule is CCCc1cnc(N2C[C@@H]3[C@H](CNS(C)(=O)=O)[C@H]4CC[C@]3(C2)O4)nc1. The highest BCUT2D eigenvalue weighted by Gasteiger charge is 2.63. The van der Waals surface area contributed by atoms with Crippen LogP contribution in [0.3, 0.4) is 0 Å².